The molecule has 32 heavy (non-hydrogen) atoms. The summed E-state index contributed by atoms with van der Waals surface area (Å²) in [5.41, 5.74) is 2.37. The highest BCUT2D eigenvalue weighted by atomic mass is 19.1. The third-order valence-electron chi connectivity index (χ3n) is 6.90. The number of halogens is 2. The summed E-state index contributed by atoms with van der Waals surface area (Å²) in [4.78, 5) is 30.2. The number of anilines is 1. The molecule has 3 aliphatic rings. The Morgan fingerprint density at radius 2 is 1.94 bits per heavy atom. The van der Waals surface area contributed by atoms with Crippen LogP contribution in [0.3, 0.4) is 0 Å². The summed E-state index contributed by atoms with van der Waals surface area (Å²) < 4.78 is 33.2. The van der Waals surface area contributed by atoms with Crippen molar-refractivity contribution in [3.63, 3.8) is 0 Å². The molecule has 5 rings (SSSR count). The molecule has 2 aromatic carbocycles. The van der Waals surface area contributed by atoms with Gasteiger partial charge in [0.2, 0.25) is 0 Å². The van der Waals surface area contributed by atoms with Gasteiger partial charge in [-0.1, -0.05) is 6.07 Å². The molecule has 2 atom stereocenters. The van der Waals surface area contributed by atoms with Gasteiger partial charge in [-0.25, -0.2) is 13.6 Å². The highest BCUT2D eigenvalue weighted by molar-refractivity contribution is 6.12. The fraction of sp³-hybridized carbons (Fsp3) is 0.417. The van der Waals surface area contributed by atoms with E-state index in [0.29, 0.717) is 6.54 Å². The zero-order chi connectivity index (χ0) is 22.4. The second-order valence-electron chi connectivity index (χ2n) is 8.73. The number of piperidine rings is 1. The first-order valence-corrected chi connectivity index (χ1v) is 10.9. The van der Waals surface area contributed by atoms with E-state index in [2.05, 4.69) is 17.0 Å². The molecule has 0 radical (unpaired) electrons. The lowest BCUT2D eigenvalue weighted by atomic mass is 9.82. The Balaban J connectivity index is 1.32. The van der Waals surface area contributed by atoms with Crippen molar-refractivity contribution < 1.29 is 23.1 Å². The summed E-state index contributed by atoms with van der Waals surface area (Å²) in [6, 6.07) is 8.76. The molecule has 2 aromatic rings. The van der Waals surface area contributed by atoms with Crippen LogP contribution in [0.25, 0.3) is 0 Å². The van der Waals surface area contributed by atoms with E-state index in [-0.39, 0.29) is 30.1 Å². The number of urea groups is 1. The van der Waals surface area contributed by atoms with Crippen LogP contribution in [0.2, 0.25) is 0 Å². The minimum atomic E-state index is -0.725. The van der Waals surface area contributed by atoms with E-state index >= 15 is 0 Å². The first-order chi connectivity index (χ1) is 15.4. The Hall–Kier alpha value is -3.00. The van der Waals surface area contributed by atoms with Crippen LogP contribution in [0.5, 0.6) is 5.75 Å². The summed E-state index contributed by atoms with van der Waals surface area (Å²) in [7, 11) is 1.66. The van der Waals surface area contributed by atoms with Crippen molar-refractivity contribution in [2.75, 3.05) is 38.2 Å². The Bertz CT molecular complexity index is 1080. The van der Waals surface area contributed by atoms with Gasteiger partial charge in [-0.3, -0.25) is 19.5 Å². The monoisotopic (exact) mass is 441 g/mol. The molecule has 2 fully saturated rings. The van der Waals surface area contributed by atoms with Gasteiger partial charge in [0.25, 0.3) is 5.91 Å². The molecule has 8 heteroatoms. The van der Waals surface area contributed by atoms with Crippen molar-refractivity contribution in [2.45, 2.75) is 25.3 Å². The van der Waals surface area contributed by atoms with Crippen molar-refractivity contribution in [1.82, 2.24) is 9.80 Å². The lowest BCUT2D eigenvalue weighted by Crippen LogP contribution is -2.45. The standard InChI is InChI=1S/C24H25F2N3O3/c1-32-18-3-4-19-16(11-18)7-9-27-8-6-15(10-21(19)27)13-29-23(30)14-28(24(29)31)22-12-17(25)2-5-20(22)26/h2-5,11-12,15,21H,6-10,13-14H2,1H3/t15-,21+/m1/s1. The fourth-order valence-electron chi connectivity index (χ4n) is 5.22. The van der Waals surface area contributed by atoms with Crippen LogP contribution in [-0.4, -0.2) is 55.0 Å². The zero-order valence-corrected chi connectivity index (χ0v) is 17.9. The largest absolute Gasteiger partial charge is 0.497 e. The number of hydrogen-bond donors (Lipinski definition) is 0. The van der Waals surface area contributed by atoms with Crippen molar-refractivity contribution in [3.8, 4) is 5.75 Å². The number of methoxy groups -OCH3 is 1. The van der Waals surface area contributed by atoms with E-state index in [1.807, 2.05) is 6.07 Å². The molecule has 3 amide bonds. The average molecular weight is 441 g/mol. The number of ether oxygens (including phenoxy) is 1. The van der Waals surface area contributed by atoms with Crippen LogP contribution < -0.4 is 9.64 Å². The maximum atomic E-state index is 14.2. The summed E-state index contributed by atoms with van der Waals surface area (Å²) in [6.45, 7) is 1.90. The number of carbonyl (C=O) groups excluding carboxylic acids is 2. The Labute approximate surface area is 185 Å². The van der Waals surface area contributed by atoms with E-state index < -0.39 is 17.7 Å². The SMILES string of the molecule is COc1ccc2c(c1)CCN1CC[C@@H](CN3C(=O)CN(c4cc(F)ccc4F)C3=O)C[C@@H]21. The third-order valence-corrected chi connectivity index (χ3v) is 6.90. The zero-order valence-electron chi connectivity index (χ0n) is 17.9. The molecule has 0 N–H and O–H groups in total. The molecule has 0 unspecified atom stereocenters. The Morgan fingerprint density at radius 3 is 2.75 bits per heavy atom. The van der Waals surface area contributed by atoms with Gasteiger partial charge < -0.3 is 4.74 Å². The van der Waals surface area contributed by atoms with Crippen LogP contribution in [0.4, 0.5) is 19.3 Å². The van der Waals surface area contributed by atoms with Gasteiger partial charge in [0.05, 0.1) is 12.8 Å². The maximum absolute atomic E-state index is 14.2. The number of fused-ring (bicyclic) bond motifs is 3. The quantitative estimate of drug-likeness (QED) is 0.679. The van der Waals surface area contributed by atoms with Gasteiger partial charge >= 0.3 is 6.03 Å². The molecule has 3 aliphatic heterocycles. The molecular weight excluding hydrogens is 416 g/mol. The molecule has 2 saturated heterocycles. The number of rotatable bonds is 4. The van der Waals surface area contributed by atoms with Gasteiger partial charge in [-0.15, -0.1) is 0 Å². The number of imide groups is 1. The summed E-state index contributed by atoms with van der Waals surface area (Å²) in [5.74, 6) is -0.760. The summed E-state index contributed by atoms with van der Waals surface area (Å²) >= 11 is 0. The predicted octanol–water partition coefficient (Wildman–Crippen LogP) is 3.75. The van der Waals surface area contributed by atoms with E-state index in [4.69, 9.17) is 4.74 Å². The van der Waals surface area contributed by atoms with Crippen molar-refractivity contribution in [2.24, 2.45) is 5.92 Å². The first kappa shape index (κ1) is 20.9. The van der Waals surface area contributed by atoms with Crippen molar-refractivity contribution in [3.05, 3.63) is 59.2 Å². The minimum Gasteiger partial charge on any atom is -0.497 e. The Kier molecular flexibility index (Phi) is 5.33. The van der Waals surface area contributed by atoms with E-state index in [1.54, 1.807) is 7.11 Å². The number of benzene rings is 2. The van der Waals surface area contributed by atoms with Crippen molar-refractivity contribution in [1.29, 1.82) is 0 Å². The molecule has 0 aliphatic carbocycles. The number of amides is 3. The van der Waals surface area contributed by atoms with E-state index in [0.717, 1.165) is 61.2 Å². The lowest BCUT2D eigenvalue weighted by Gasteiger charge is -2.44. The molecular formula is C24H25F2N3O3. The van der Waals surface area contributed by atoms with Gasteiger partial charge in [0, 0.05) is 25.2 Å². The summed E-state index contributed by atoms with van der Waals surface area (Å²) in [6.07, 6.45) is 2.70. The predicted molar refractivity (Wildman–Crippen MR) is 115 cm³/mol. The average Bonchev–Trinajstić information content (AvgIpc) is 3.08. The van der Waals surface area contributed by atoms with Crippen LogP contribution in [0.1, 0.15) is 30.0 Å². The molecule has 168 valence electrons. The molecule has 0 aromatic heterocycles. The van der Waals surface area contributed by atoms with Gasteiger partial charge in [-0.2, -0.15) is 0 Å². The van der Waals surface area contributed by atoms with Crippen LogP contribution in [-0.2, 0) is 11.2 Å². The molecule has 3 heterocycles. The molecule has 0 saturated carbocycles. The van der Waals surface area contributed by atoms with Crippen LogP contribution >= 0.6 is 0 Å². The molecule has 0 bridgehead atoms. The van der Waals surface area contributed by atoms with E-state index in [1.165, 1.54) is 16.0 Å². The number of carbonyl (C=O) groups is 2. The maximum Gasteiger partial charge on any atom is 0.331 e. The summed E-state index contributed by atoms with van der Waals surface area (Å²) in [5, 5.41) is 0. The smallest absolute Gasteiger partial charge is 0.331 e. The highest BCUT2D eigenvalue weighted by Gasteiger charge is 2.41. The molecule has 6 nitrogen and oxygen atoms in total. The van der Waals surface area contributed by atoms with Crippen molar-refractivity contribution >= 4 is 17.6 Å². The second kappa shape index (κ2) is 8.16. The normalized spacial score (nSPS) is 23.3. The fourth-order valence-corrected chi connectivity index (χ4v) is 5.22. The first-order valence-electron chi connectivity index (χ1n) is 10.9. The highest BCUT2D eigenvalue weighted by Crippen LogP contribution is 2.40. The third kappa shape index (κ3) is 3.62. The topological polar surface area (TPSA) is 53.1 Å². The van der Waals surface area contributed by atoms with Gasteiger partial charge in [0.15, 0.2) is 0 Å². The van der Waals surface area contributed by atoms with Crippen LogP contribution in [0.15, 0.2) is 36.4 Å². The number of nitrogens with zero attached hydrogens (tertiary/aromatic N) is 3. The van der Waals surface area contributed by atoms with Gasteiger partial charge in [0.1, 0.15) is 23.9 Å². The minimum absolute atomic E-state index is 0.148. The lowest BCUT2D eigenvalue weighted by molar-refractivity contribution is -0.125. The molecule has 0 spiro atoms. The second-order valence-corrected chi connectivity index (χ2v) is 8.73. The van der Waals surface area contributed by atoms with Gasteiger partial charge in [-0.05, 0) is 67.1 Å². The number of hydrogen-bond acceptors (Lipinski definition) is 4. The Morgan fingerprint density at radius 1 is 1.09 bits per heavy atom. The van der Waals surface area contributed by atoms with Crippen LogP contribution in [0, 0.1) is 17.6 Å². The van der Waals surface area contributed by atoms with E-state index in [9.17, 15) is 18.4 Å².